The molecule has 0 aliphatic rings. The number of hydrogen-bond acceptors (Lipinski definition) is 4. The molecular formula is C31H38N2O4. The van der Waals surface area contributed by atoms with Crippen LogP contribution in [0.25, 0.3) is 0 Å². The number of nitrogens with zero attached hydrogens (tertiary/aromatic N) is 1. The maximum atomic E-state index is 13.7. The Morgan fingerprint density at radius 1 is 0.946 bits per heavy atom. The molecule has 6 nitrogen and oxygen atoms in total. The summed E-state index contributed by atoms with van der Waals surface area (Å²) in [6.07, 6.45) is 2.25. The molecule has 3 rings (SSSR count). The number of nitrogens with one attached hydrogen (secondary N) is 1. The molecule has 3 aromatic rings. The third kappa shape index (κ3) is 8.38. The molecule has 0 heterocycles. The molecule has 6 heteroatoms. The highest BCUT2D eigenvalue weighted by atomic mass is 16.5. The van der Waals surface area contributed by atoms with Crippen LogP contribution in [0.2, 0.25) is 0 Å². The van der Waals surface area contributed by atoms with Gasteiger partial charge in [-0.05, 0) is 55.2 Å². The van der Waals surface area contributed by atoms with Gasteiger partial charge in [-0.2, -0.15) is 0 Å². The van der Waals surface area contributed by atoms with E-state index in [1.54, 1.807) is 12.0 Å². The van der Waals surface area contributed by atoms with Crippen LogP contribution in [0, 0.1) is 13.8 Å². The van der Waals surface area contributed by atoms with Gasteiger partial charge in [-0.1, -0.05) is 73.5 Å². The molecule has 0 saturated carbocycles. The number of carbonyl (C=O) groups is 2. The zero-order valence-corrected chi connectivity index (χ0v) is 22.3. The van der Waals surface area contributed by atoms with Gasteiger partial charge in [0, 0.05) is 19.5 Å². The third-order valence-electron chi connectivity index (χ3n) is 6.27. The minimum atomic E-state index is -0.694. The molecular weight excluding hydrogens is 464 g/mol. The minimum absolute atomic E-state index is 0.165. The lowest BCUT2D eigenvalue weighted by Gasteiger charge is -2.31. The van der Waals surface area contributed by atoms with Crippen LogP contribution in [0.5, 0.6) is 11.5 Å². The van der Waals surface area contributed by atoms with Crippen LogP contribution in [-0.4, -0.2) is 43.0 Å². The van der Waals surface area contributed by atoms with E-state index in [1.165, 1.54) is 0 Å². The van der Waals surface area contributed by atoms with Gasteiger partial charge >= 0.3 is 0 Å². The molecule has 0 saturated heterocycles. The van der Waals surface area contributed by atoms with Crippen molar-refractivity contribution in [3.05, 3.63) is 95.1 Å². The van der Waals surface area contributed by atoms with Crippen molar-refractivity contribution in [3.63, 3.8) is 0 Å². The summed E-state index contributed by atoms with van der Waals surface area (Å²) in [7, 11) is 1.61. The fourth-order valence-electron chi connectivity index (χ4n) is 4.21. The van der Waals surface area contributed by atoms with Crippen molar-refractivity contribution < 1.29 is 19.1 Å². The molecule has 37 heavy (non-hydrogen) atoms. The highest BCUT2D eigenvalue weighted by Gasteiger charge is 2.30. The second-order valence-corrected chi connectivity index (χ2v) is 9.28. The Hall–Kier alpha value is -3.80. The van der Waals surface area contributed by atoms with E-state index in [0.717, 1.165) is 35.1 Å². The number of amides is 2. The zero-order valence-electron chi connectivity index (χ0n) is 22.3. The lowest BCUT2D eigenvalue weighted by Crippen LogP contribution is -2.51. The molecule has 0 bridgehead atoms. The van der Waals surface area contributed by atoms with Gasteiger partial charge in [0.1, 0.15) is 17.5 Å². The van der Waals surface area contributed by atoms with E-state index < -0.39 is 6.04 Å². The summed E-state index contributed by atoms with van der Waals surface area (Å²) in [5, 5.41) is 3.04. The fourth-order valence-corrected chi connectivity index (χ4v) is 4.21. The van der Waals surface area contributed by atoms with Gasteiger partial charge in [0.15, 0.2) is 6.61 Å². The molecule has 1 atom stereocenters. The first-order valence-electron chi connectivity index (χ1n) is 12.8. The normalized spacial score (nSPS) is 11.5. The summed E-state index contributed by atoms with van der Waals surface area (Å²) >= 11 is 0. The number of ether oxygens (including phenoxy) is 2. The van der Waals surface area contributed by atoms with Crippen LogP contribution in [0.1, 0.15) is 42.0 Å². The summed E-state index contributed by atoms with van der Waals surface area (Å²) in [5.41, 5.74) is 3.95. The molecule has 0 aliphatic carbocycles. The smallest absolute Gasteiger partial charge is 0.261 e. The van der Waals surface area contributed by atoms with E-state index in [-0.39, 0.29) is 25.0 Å². The van der Waals surface area contributed by atoms with E-state index in [4.69, 9.17) is 9.47 Å². The van der Waals surface area contributed by atoms with Crippen molar-refractivity contribution in [3.8, 4) is 11.5 Å². The van der Waals surface area contributed by atoms with Gasteiger partial charge in [-0.3, -0.25) is 9.59 Å². The first-order chi connectivity index (χ1) is 17.9. The molecule has 1 unspecified atom stereocenters. The summed E-state index contributed by atoms with van der Waals surface area (Å²) in [6.45, 7) is 6.72. The van der Waals surface area contributed by atoms with Crippen molar-refractivity contribution >= 4 is 11.8 Å². The zero-order chi connectivity index (χ0) is 26.6. The Kier molecular flexibility index (Phi) is 10.6. The number of aryl methyl sites for hydroxylation is 2. The number of hydrogen-bond donors (Lipinski definition) is 1. The molecule has 1 N–H and O–H groups in total. The van der Waals surface area contributed by atoms with Gasteiger partial charge < -0.3 is 19.7 Å². The van der Waals surface area contributed by atoms with Crippen LogP contribution < -0.4 is 14.8 Å². The topological polar surface area (TPSA) is 67.9 Å². The standard InChI is InChI=1S/C31H38N2O4/c1-5-6-17-32-31(35)28(20-25-11-8-7-9-12-25)33(21-26-13-10-14-27(19-26)36-4)30(34)22-37-29-16-15-23(2)18-24(29)3/h7-16,18-19,28H,5-6,17,20-22H2,1-4H3,(H,32,35). The molecule has 0 radical (unpaired) electrons. The number of carbonyl (C=O) groups excluding carboxylic acids is 2. The van der Waals surface area contributed by atoms with Crippen LogP contribution in [-0.2, 0) is 22.6 Å². The van der Waals surface area contributed by atoms with Gasteiger partial charge in [0.2, 0.25) is 5.91 Å². The Morgan fingerprint density at radius 3 is 2.41 bits per heavy atom. The molecule has 0 aliphatic heterocycles. The van der Waals surface area contributed by atoms with Crippen molar-refractivity contribution in [2.45, 2.75) is 52.6 Å². The SMILES string of the molecule is CCCCNC(=O)C(Cc1ccccc1)N(Cc1cccc(OC)c1)C(=O)COc1ccc(C)cc1C. The van der Waals surface area contributed by atoms with E-state index in [0.29, 0.717) is 24.5 Å². The number of methoxy groups -OCH3 is 1. The Labute approximate surface area is 220 Å². The molecule has 2 amide bonds. The highest BCUT2D eigenvalue weighted by molar-refractivity contribution is 5.88. The van der Waals surface area contributed by atoms with Crippen molar-refractivity contribution in [1.29, 1.82) is 0 Å². The van der Waals surface area contributed by atoms with E-state index in [9.17, 15) is 9.59 Å². The molecule has 3 aromatic carbocycles. The van der Waals surface area contributed by atoms with E-state index >= 15 is 0 Å². The van der Waals surface area contributed by atoms with Gasteiger partial charge in [0.05, 0.1) is 7.11 Å². The lowest BCUT2D eigenvalue weighted by molar-refractivity contribution is -0.142. The average Bonchev–Trinajstić information content (AvgIpc) is 2.90. The van der Waals surface area contributed by atoms with Crippen molar-refractivity contribution in [2.75, 3.05) is 20.3 Å². The maximum Gasteiger partial charge on any atom is 0.261 e. The highest BCUT2D eigenvalue weighted by Crippen LogP contribution is 2.21. The second-order valence-electron chi connectivity index (χ2n) is 9.28. The summed E-state index contributed by atoms with van der Waals surface area (Å²) in [6, 6.07) is 22.5. The van der Waals surface area contributed by atoms with Crippen LogP contribution >= 0.6 is 0 Å². The third-order valence-corrected chi connectivity index (χ3v) is 6.27. The van der Waals surface area contributed by atoms with Crippen LogP contribution in [0.4, 0.5) is 0 Å². The van der Waals surface area contributed by atoms with Crippen LogP contribution in [0.3, 0.4) is 0 Å². The number of unbranched alkanes of at least 4 members (excludes halogenated alkanes) is 1. The monoisotopic (exact) mass is 502 g/mol. The molecule has 0 spiro atoms. The minimum Gasteiger partial charge on any atom is -0.497 e. The lowest BCUT2D eigenvalue weighted by atomic mass is 10.0. The van der Waals surface area contributed by atoms with Gasteiger partial charge in [-0.25, -0.2) is 0 Å². The van der Waals surface area contributed by atoms with E-state index in [1.807, 2.05) is 86.6 Å². The van der Waals surface area contributed by atoms with Gasteiger partial charge in [0.25, 0.3) is 5.91 Å². The molecule has 0 fully saturated rings. The molecule has 196 valence electrons. The Bertz CT molecular complexity index is 1160. The fraction of sp³-hybridized carbons (Fsp3) is 0.355. The Morgan fingerprint density at radius 2 is 1.70 bits per heavy atom. The average molecular weight is 503 g/mol. The quantitative estimate of drug-likeness (QED) is 0.324. The first kappa shape index (κ1) is 27.8. The van der Waals surface area contributed by atoms with E-state index in [2.05, 4.69) is 12.2 Å². The summed E-state index contributed by atoms with van der Waals surface area (Å²) < 4.78 is 11.3. The number of benzene rings is 3. The molecule has 0 aromatic heterocycles. The summed E-state index contributed by atoms with van der Waals surface area (Å²) in [5.74, 6) is 0.935. The largest absolute Gasteiger partial charge is 0.497 e. The second kappa shape index (κ2) is 14.1. The first-order valence-corrected chi connectivity index (χ1v) is 12.8. The number of rotatable bonds is 13. The van der Waals surface area contributed by atoms with Crippen molar-refractivity contribution in [2.24, 2.45) is 0 Å². The Balaban J connectivity index is 1.91. The summed E-state index contributed by atoms with van der Waals surface area (Å²) in [4.78, 5) is 28.8. The predicted octanol–water partition coefficient (Wildman–Crippen LogP) is 5.25. The van der Waals surface area contributed by atoms with Crippen LogP contribution in [0.15, 0.2) is 72.8 Å². The maximum absolute atomic E-state index is 13.7. The van der Waals surface area contributed by atoms with Gasteiger partial charge in [-0.15, -0.1) is 0 Å². The predicted molar refractivity (Wildman–Crippen MR) is 147 cm³/mol. The van der Waals surface area contributed by atoms with Crippen molar-refractivity contribution in [1.82, 2.24) is 10.2 Å².